The first-order valence-corrected chi connectivity index (χ1v) is 9.28. The van der Waals surface area contributed by atoms with Gasteiger partial charge in [-0.05, 0) is 31.2 Å². The second-order valence-corrected chi connectivity index (χ2v) is 6.49. The van der Waals surface area contributed by atoms with Crippen molar-refractivity contribution in [3.63, 3.8) is 0 Å². The SMILES string of the molecule is CCNC(=NCc1nc(C(F)(F)F)cs1)NCCNC(=O)c1ccc(O)cc1.I. The Kier molecular flexibility index (Phi) is 10.2. The quantitative estimate of drug-likeness (QED) is 0.186. The molecule has 0 saturated heterocycles. The first-order valence-electron chi connectivity index (χ1n) is 8.40. The molecule has 0 unspecified atom stereocenters. The van der Waals surface area contributed by atoms with Crippen LogP contribution in [0.4, 0.5) is 13.2 Å². The zero-order valence-electron chi connectivity index (χ0n) is 15.4. The monoisotopic (exact) mass is 543 g/mol. The number of alkyl halides is 3. The molecule has 0 spiro atoms. The topological polar surface area (TPSA) is 98.6 Å². The summed E-state index contributed by atoms with van der Waals surface area (Å²) in [5, 5.41) is 19.1. The number of carbonyl (C=O) groups excluding carboxylic acids is 1. The summed E-state index contributed by atoms with van der Waals surface area (Å²) < 4.78 is 37.7. The van der Waals surface area contributed by atoms with Gasteiger partial charge >= 0.3 is 6.18 Å². The van der Waals surface area contributed by atoms with Crippen LogP contribution in [-0.4, -0.2) is 41.6 Å². The molecule has 4 N–H and O–H groups in total. The Bertz CT molecular complexity index is 812. The van der Waals surface area contributed by atoms with Crippen molar-refractivity contribution in [3.05, 3.63) is 45.9 Å². The highest BCUT2D eigenvalue weighted by atomic mass is 127. The largest absolute Gasteiger partial charge is 0.508 e. The maximum Gasteiger partial charge on any atom is 0.434 e. The van der Waals surface area contributed by atoms with Crippen LogP contribution in [-0.2, 0) is 12.7 Å². The number of benzene rings is 1. The van der Waals surface area contributed by atoms with E-state index in [9.17, 15) is 23.1 Å². The summed E-state index contributed by atoms with van der Waals surface area (Å²) in [6, 6.07) is 5.86. The van der Waals surface area contributed by atoms with Crippen LogP contribution in [0.3, 0.4) is 0 Å². The highest BCUT2D eigenvalue weighted by Crippen LogP contribution is 2.30. The Hall–Kier alpha value is -2.09. The molecule has 0 saturated carbocycles. The van der Waals surface area contributed by atoms with Gasteiger partial charge in [0.2, 0.25) is 0 Å². The number of guanidine groups is 1. The normalized spacial score (nSPS) is 11.5. The molecular weight excluding hydrogens is 522 g/mol. The van der Waals surface area contributed by atoms with E-state index in [4.69, 9.17) is 0 Å². The zero-order valence-corrected chi connectivity index (χ0v) is 18.6. The number of hydrogen-bond acceptors (Lipinski definition) is 5. The molecule has 1 aromatic carbocycles. The lowest BCUT2D eigenvalue weighted by Gasteiger charge is -2.11. The fourth-order valence-corrected chi connectivity index (χ4v) is 2.80. The molecule has 0 radical (unpaired) electrons. The van der Waals surface area contributed by atoms with E-state index in [1.807, 2.05) is 6.92 Å². The molecule has 0 fully saturated rings. The predicted molar refractivity (Wildman–Crippen MR) is 116 cm³/mol. The molecule has 2 aromatic rings. The van der Waals surface area contributed by atoms with E-state index in [0.29, 0.717) is 31.2 Å². The van der Waals surface area contributed by atoms with Crippen LogP contribution < -0.4 is 16.0 Å². The summed E-state index contributed by atoms with van der Waals surface area (Å²) in [6.45, 7) is 3.10. The van der Waals surface area contributed by atoms with Crippen LogP contribution in [0.15, 0.2) is 34.6 Å². The minimum Gasteiger partial charge on any atom is -0.508 e. The number of nitrogens with zero attached hydrogens (tertiary/aromatic N) is 2. The first-order chi connectivity index (χ1) is 13.3. The highest BCUT2D eigenvalue weighted by molar-refractivity contribution is 14.0. The Morgan fingerprint density at radius 3 is 2.41 bits per heavy atom. The molecule has 29 heavy (non-hydrogen) atoms. The molecular formula is C17H21F3IN5O2S. The molecule has 0 aliphatic rings. The number of carbonyl (C=O) groups is 1. The maximum atomic E-state index is 12.6. The lowest BCUT2D eigenvalue weighted by atomic mass is 10.2. The van der Waals surface area contributed by atoms with E-state index in [0.717, 1.165) is 16.7 Å². The average molecular weight is 543 g/mol. The van der Waals surface area contributed by atoms with Crippen molar-refractivity contribution in [3.8, 4) is 5.75 Å². The summed E-state index contributed by atoms with van der Waals surface area (Å²) >= 11 is 0.899. The number of hydrogen-bond donors (Lipinski definition) is 4. The average Bonchev–Trinajstić information content (AvgIpc) is 3.13. The molecule has 1 aromatic heterocycles. The number of rotatable bonds is 7. The van der Waals surface area contributed by atoms with Crippen molar-refractivity contribution in [2.24, 2.45) is 4.99 Å². The van der Waals surface area contributed by atoms with Crippen LogP contribution in [0.25, 0.3) is 0 Å². The van der Waals surface area contributed by atoms with E-state index in [2.05, 4.69) is 25.9 Å². The summed E-state index contributed by atoms with van der Waals surface area (Å²) in [5.74, 6) is 0.198. The van der Waals surface area contributed by atoms with Crippen molar-refractivity contribution in [2.75, 3.05) is 19.6 Å². The van der Waals surface area contributed by atoms with Gasteiger partial charge in [0.15, 0.2) is 11.7 Å². The van der Waals surface area contributed by atoms with Gasteiger partial charge in [-0.25, -0.2) is 9.98 Å². The van der Waals surface area contributed by atoms with Gasteiger partial charge in [-0.15, -0.1) is 35.3 Å². The number of aromatic nitrogens is 1. The van der Waals surface area contributed by atoms with Crippen LogP contribution in [0.2, 0.25) is 0 Å². The van der Waals surface area contributed by atoms with Crippen LogP contribution in [0.5, 0.6) is 5.75 Å². The lowest BCUT2D eigenvalue weighted by Crippen LogP contribution is -2.41. The third-order valence-corrected chi connectivity index (χ3v) is 4.22. The van der Waals surface area contributed by atoms with E-state index < -0.39 is 11.9 Å². The van der Waals surface area contributed by atoms with Crippen molar-refractivity contribution in [2.45, 2.75) is 19.6 Å². The van der Waals surface area contributed by atoms with Crippen molar-refractivity contribution >= 4 is 47.2 Å². The number of phenolic OH excluding ortho intramolecular Hbond substituents is 1. The molecule has 2 rings (SSSR count). The van der Waals surface area contributed by atoms with E-state index in [-0.39, 0.29) is 47.2 Å². The molecule has 0 aliphatic heterocycles. The molecule has 7 nitrogen and oxygen atoms in total. The van der Waals surface area contributed by atoms with Gasteiger partial charge in [-0.2, -0.15) is 13.2 Å². The third kappa shape index (κ3) is 8.43. The molecule has 1 heterocycles. The van der Waals surface area contributed by atoms with Gasteiger partial charge in [0.05, 0.1) is 6.54 Å². The molecule has 12 heteroatoms. The van der Waals surface area contributed by atoms with Gasteiger partial charge in [-0.1, -0.05) is 0 Å². The second kappa shape index (κ2) is 11.8. The Labute approximate surface area is 186 Å². The van der Waals surface area contributed by atoms with Crippen molar-refractivity contribution in [1.82, 2.24) is 20.9 Å². The van der Waals surface area contributed by atoms with Gasteiger partial charge in [0.25, 0.3) is 5.91 Å². The second-order valence-electron chi connectivity index (χ2n) is 5.55. The standard InChI is InChI=1S/C17H20F3N5O2S.HI/c1-2-21-16(24-9-14-25-13(10-28-14)17(18,19)20)23-8-7-22-15(27)11-3-5-12(26)6-4-11;/h3-6,10,26H,2,7-9H2,1H3,(H,22,27)(H2,21,23,24);1H. The molecule has 0 bridgehead atoms. The van der Waals surface area contributed by atoms with Gasteiger partial charge in [-0.3, -0.25) is 4.79 Å². The van der Waals surface area contributed by atoms with E-state index >= 15 is 0 Å². The molecule has 0 atom stereocenters. The number of aromatic hydroxyl groups is 1. The number of thiazole rings is 1. The Morgan fingerprint density at radius 1 is 1.17 bits per heavy atom. The van der Waals surface area contributed by atoms with E-state index in [1.165, 1.54) is 24.3 Å². The summed E-state index contributed by atoms with van der Waals surface area (Å²) in [6.07, 6.45) is -4.46. The molecule has 0 aliphatic carbocycles. The summed E-state index contributed by atoms with van der Waals surface area (Å²) in [7, 11) is 0. The number of nitrogens with one attached hydrogen (secondary N) is 3. The number of phenols is 1. The molecule has 160 valence electrons. The Balaban J connectivity index is 0.00000420. The summed E-state index contributed by atoms with van der Waals surface area (Å²) in [4.78, 5) is 19.7. The lowest BCUT2D eigenvalue weighted by molar-refractivity contribution is -0.140. The van der Waals surface area contributed by atoms with Crippen LogP contribution in [0.1, 0.15) is 28.0 Å². The van der Waals surface area contributed by atoms with E-state index in [1.54, 1.807) is 0 Å². The third-order valence-electron chi connectivity index (χ3n) is 3.39. The maximum absolute atomic E-state index is 12.6. The Morgan fingerprint density at radius 2 is 1.83 bits per heavy atom. The zero-order chi connectivity index (χ0) is 20.6. The van der Waals surface area contributed by atoms with Gasteiger partial charge < -0.3 is 21.1 Å². The van der Waals surface area contributed by atoms with Crippen molar-refractivity contribution < 1.29 is 23.1 Å². The number of amides is 1. The van der Waals surface area contributed by atoms with Crippen LogP contribution in [0, 0.1) is 0 Å². The fraction of sp³-hybridized carbons (Fsp3) is 0.353. The minimum atomic E-state index is -4.46. The molecule has 1 amide bonds. The number of aliphatic imine (C=N–C) groups is 1. The highest BCUT2D eigenvalue weighted by Gasteiger charge is 2.33. The summed E-state index contributed by atoms with van der Waals surface area (Å²) in [5.41, 5.74) is -0.500. The van der Waals surface area contributed by atoms with Crippen molar-refractivity contribution in [1.29, 1.82) is 0 Å². The van der Waals surface area contributed by atoms with Gasteiger partial charge in [0, 0.05) is 30.6 Å². The van der Waals surface area contributed by atoms with Gasteiger partial charge in [0.1, 0.15) is 10.8 Å². The van der Waals surface area contributed by atoms with Crippen LogP contribution >= 0.6 is 35.3 Å². The number of halogens is 4. The first kappa shape index (κ1) is 24.9. The smallest absolute Gasteiger partial charge is 0.434 e. The minimum absolute atomic E-state index is 0. The predicted octanol–water partition coefficient (Wildman–Crippen LogP) is 2.97. The fourth-order valence-electron chi connectivity index (χ4n) is 2.07.